The standard InChI is InChI=1S/C36H37N2O/c1-7-31-36(27-16-9-8-15-26(27)32-17-10-11-18-37(31)32)34-20-29(25(6)39)33-19-28(22(2)3)30(21-38(33)34)35-23(4)13-12-14-24(35)5/h7-19,21-22,31,34,36H,1,20H2,2-6H3/q+1/p+1. The van der Waals surface area contributed by atoms with E-state index in [1.54, 1.807) is 0 Å². The molecule has 3 unspecified atom stereocenters. The molecule has 6 rings (SSSR count). The van der Waals surface area contributed by atoms with Crippen molar-refractivity contribution >= 4 is 5.57 Å². The molecule has 4 heterocycles. The van der Waals surface area contributed by atoms with E-state index in [2.05, 4.69) is 129 Å². The molecule has 3 atom stereocenters. The third kappa shape index (κ3) is 3.95. The van der Waals surface area contributed by atoms with Gasteiger partial charge in [0.25, 0.3) is 0 Å². The Morgan fingerprint density at radius 3 is 2.33 bits per heavy atom. The van der Waals surface area contributed by atoms with Crippen LogP contribution in [0.3, 0.4) is 0 Å². The molecule has 4 aromatic rings. The molecule has 39 heavy (non-hydrogen) atoms. The van der Waals surface area contributed by atoms with Crippen LogP contribution in [0.2, 0.25) is 0 Å². The molecule has 0 bridgehead atoms. The quantitative estimate of drug-likeness (QED) is 0.166. The van der Waals surface area contributed by atoms with Crippen molar-refractivity contribution < 1.29 is 14.2 Å². The van der Waals surface area contributed by atoms with Crippen molar-refractivity contribution in [1.82, 2.24) is 0 Å². The lowest BCUT2D eigenvalue weighted by Gasteiger charge is -2.30. The van der Waals surface area contributed by atoms with Gasteiger partial charge in [-0.1, -0.05) is 56.8 Å². The zero-order valence-corrected chi connectivity index (χ0v) is 23.6. The second-order valence-electron chi connectivity index (χ2n) is 11.5. The van der Waals surface area contributed by atoms with Crippen LogP contribution in [0, 0.1) is 13.8 Å². The molecule has 3 heteroatoms. The van der Waals surface area contributed by atoms with Gasteiger partial charge in [0.05, 0.1) is 16.9 Å². The van der Waals surface area contributed by atoms with E-state index < -0.39 is 0 Å². The molecule has 0 amide bonds. The monoisotopic (exact) mass is 514 g/mol. The molecule has 2 aliphatic heterocycles. The molecule has 0 saturated heterocycles. The Morgan fingerprint density at radius 2 is 1.64 bits per heavy atom. The number of aliphatic hydroxyl groups excluding tert-OH is 1. The summed E-state index contributed by atoms with van der Waals surface area (Å²) in [5.74, 6) is 0.922. The van der Waals surface area contributed by atoms with Crippen LogP contribution in [0.4, 0.5) is 0 Å². The second-order valence-corrected chi connectivity index (χ2v) is 11.5. The van der Waals surface area contributed by atoms with E-state index in [1.807, 2.05) is 6.92 Å². The van der Waals surface area contributed by atoms with Crippen LogP contribution >= 0.6 is 0 Å². The summed E-state index contributed by atoms with van der Waals surface area (Å²) in [7, 11) is 0. The summed E-state index contributed by atoms with van der Waals surface area (Å²) in [6.45, 7) is 15.1. The number of rotatable bonds is 4. The number of pyridine rings is 2. The maximum Gasteiger partial charge on any atom is 0.213 e. The van der Waals surface area contributed by atoms with E-state index in [0.717, 1.165) is 17.7 Å². The van der Waals surface area contributed by atoms with Crippen molar-refractivity contribution in [3.8, 4) is 22.4 Å². The van der Waals surface area contributed by atoms with Crippen LogP contribution < -0.4 is 9.13 Å². The maximum atomic E-state index is 10.9. The molecule has 196 valence electrons. The highest BCUT2D eigenvalue weighted by Gasteiger charge is 2.51. The van der Waals surface area contributed by atoms with Crippen molar-refractivity contribution in [2.24, 2.45) is 0 Å². The largest absolute Gasteiger partial charge is 0.512 e. The number of hydrogen-bond acceptors (Lipinski definition) is 1. The van der Waals surface area contributed by atoms with Gasteiger partial charge >= 0.3 is 0 Å². The van der Waals surface area contributed by atoms with Gasteiger partial charge in [-0.2, -0.15) is 9.13 Å². The Morgan fingerprint density at radius 1 is 0.923 bits per heavy atom. The van der Waals surface area contributed by atoms with E-state index in [1.165, 1.54) is 44.6 Å². The van der Waals surface area contributed by atoms with Gasteiger partial charge in [-0.3, -0.25) is 0 Å². The van der Waals surface area contributed by atoms with E-state index in [0.29, 0.717) is 11.7 Å². The van der Waals surface area contributed by atoms with Gasteiger partial charge in [0, 0.05) is 30.2 Å². The van der Waals surface area contributed by atoms with E-state index >= 15 is 0 Å². The summed E-state index contributed by atoms with van der Waals surface area (Å²) in [6, 6.07) is 24.4. The zero-order chi connectivity index (χ0) is 27.4. The summed E-state index contributed by atoms with van der Waals surface area (Å²) in [4.78, 5) is 0. The zero-order valence-electron chi connectivity index (χ0n) is 23.6. The Balaban J connectivity index is 1.63. The predicted molar refractivity (Wildman–Crippen MR) is 159 cm³/mol. The van der Waals surface area contributed by atoms with Crippen molar-refractivity contribution in [2.45, 2.75) is 65.0 Å². The molecular formula is C36H38N2O+2. The third-order valence-electron chi connectivity index (χ3n) is 8.87. The number of hydrogen-bond donors (Lipinski definition) is 1. The Labute approximate surface area is 232 Å². The number of benzene rings is 2. The van der Waals surface area contributed by atoms with Crippen LogP contribution in [0.5, 0.6) is 0 Å². The van der Waals surface area contributed by atoms with Crippen molar-refractivity contribution in [3.05, 3.63) is 125 Å². The highest BCUT2D eigenvalue weighted by Crippen LogP contribution is 2.49. The third-order valence-corrected chi connectivity index (χ3v) is 8.87. The van der Waals surface area contributed by atoms with Gasteiger partial charge in [0.15, 0.2) is 24.5 Å². The Bertz CT molecular complexity index is 1620. The van der Waals surface area contributed by atoms with E-state index in [9.17, 15) is 5.11 Å². The first-order valence-electron chi connectivity index (χ1n) is 14.1. The lowest BCUT2D eigenvalue weighted by Crippen LogP contribution is -2.52. The maximum absolute atomic E-state index is 10.9. The molecule has 0 aliphatic carbocycles. The number of aryl methyl sites for hydroxylation is 2. The van der Waals surface area contributed by atoms with Gasteiger partial charge in [0.2, 0.25) is 11.4 Å². The number of aromatic nitrogens is 2. The van der Waals surface area contributed by atoms with Gasteiger partial charge in [-0.25, -0.2) is 0 Å². The number of aliphatic hydroxyl groups is 1. The summed E-state index contributed by atoms with van der Waals surface area (Å²) in [5.41, 5.74) is 12.5. The molecule has 3 nitrogen and oxygen atoms in total. The normalized spacial score (nSPS) is 20.8. The molecule has 2 aromatic carbocycles. The average molecular weight is 515 g/mol. The minimum atomic E-state index is 0.0909. The lowest BCUT2D eigenvalue weighted by atomic mass is 9.77. The van der Waals surface area contributed by atoms with Crippen LogP contribution in [-0.4, -0.2) is 5.11 Å². The van der Waals surface area contributed by atoms with Gasteiger partial charge in [-0.05, 0) is 72.7 Å². The number of allylic oxidation sites excluding steroid dienone is 3. The Hall–Kier alpha value is -3.98. The number of fused-ring (bicyclic) bond motifs is 4. The lowest BCUT2D eigenvalue weighted by molar-refractivity contribution is -0.748. The SMILES string of the molecule is C=CC1C(C2C/C(=C(\C)O)c3cc(C(C)C)c(-c4c(C)cccc4C)c[n+]32)c2ccccc2-c2cccc[n+]21. The minimum Gasteiger partial charge on any atom is -0.512 e. The fourth-order valence-electron chi connectivity index (χ4n) is 7.09. The minimum absolute atomic E-state index is 0.0909. The molecule has 2 aromatic heterocycles. The summed E-state index contributed by atoms with van der Waals surface area (Å²) < 4.78 is 4.84. The Kier molecular flexibility index (Phi) is 6.26. The molecule has 0 fully saturated rings. The van der Waals surface area contributed by atoms with Crippen molar-refractivity contribution in [2.75, 3.05) is 0 Å². The summed E-state index contributed by atoms with van der Waals surface area (Å²) >= 11 is 0. The molecule has 0 spiro atoms. The van der Waals surface area contributed by atoms with Crippen LogP contribution in [0.25, 0.3) is 28.0 Å². The fraction of sp³-hybridized carbons (Fsp3) is 0.278. The number of nitrogens with zero attached hydrogens (tertiary/aromatic N) is 2. The van der Waals surface area contributed by atoms with Crippen LogP contribution in [0.1, 0.15) is 79.1 Å². The highest BCUT2D eigenvalue weighted by molar-refractivity contribution is 5.75. The molecular weight excluding hydrogens is 476 g/mol. The first-order valence-corrected chi connectivity index (χ1v) is 14.1. The fourth-order valence-corrected chi connectivity index (χ4v) is 7.09. The van der Waals surface area contributed by atoms with Crippen molar-refractivity contribution in [1.29, 1.82) is 0 Å². The molecule has 0 radical (unpaired) electrons. The molecule has 1 N–H and O–H groups in total. The smallest absolute Gasteiger partial charge is 0.213 e. The molecule has 0 saturated carbocycles. The van der Waals surface area contributed by atoms with Crippen LogP contribution in [0.15, 0.2) is 97.5 Å². The molecule has 2 aliphatic rings. The van der Waals surface area contributed by atoms with Crippen LogP contribution in [-0.2, 0) is 0 Å². The van der Waals surface area contributed by atoms with E-state index in [-0.39, 0.29) is 18.0 Å². The predicted octanol–water partition coefficient (Wildman–Crippen LogP) is 8.09. The van der Waals surface area contributed by atoms with Crippen molar-refractivity contribution in [3.63, 3.8) is 0 Å². The van der Waals surface area contributed by atoms with Gasteiger partial charge in [-0.15, -0.1) is 0 Å². The second kappa shape index (κ2) is 9.64. The summed E-state index contributed by atoms with van der Waals surface area (Å²) in [5, 5.41) is 10.9. The average Bonchev–Trinajstić information content (AvgIpc) is 3.30. The van der Waals surface area contributed by atoms with Gasteiger partial charge < -0.3 is 5.11 Å². The topological polar surface area (TPSA) is 28.0 Å². The highest BCUT2D eigenvalue weighted by atomic mass is 16.3. The first kappa shape index (κ1) is 25.3. The first-order chi connectivity index (χ1) is 18.8. The van der Waals surface area contributed by atoms with E-state index in [4.69, 9.17) is 0 Å². The van der Waals surface area contributed by atoms with Gasteiger partial charge in [0.1, 0.15) is 5.92 Å². The summed E-state index contributed by atoms with van der Waals surface area (Å²) in [6.07, 6.45) is 7.45.